The van der Waals surface area contributed by atoms with E-state index >= 15 is 0 Å². The van der Waals surface area contributed by atoms with E-state index in [1.54, 1.807) is 6.92 Å². The third-order valence-electron chi connectivity index (χ3n) is 1.70. The van der Waals surface area contributed by atoms with Gasteiger partial charge in [0.25, 0.3) is 0 Å². The summed E-state index contributed by atoms with van der Waals surface area (Å²) in [7, 11) is 0. The summed E-state index contributed by atoms with van der Waals surface area (Å²) in [5.74, 6) is 0.450. The average molecular weight is 226 g/mol. The molecule has 0 radical (unpaired) electrons. The minimum absolute atomic E-state index is 0.0565. The molecule has 16 heavy (non-hydrogen) atoms. The summed E-state index contributed by atoms with van der Waals surface area (Å²) < 4.78 is 4.79. The van der Waals surface area contributed by atoms with Crippen molar-refractivity contribution in [2.45, 2.75) is 20.3 Å². The number of amides is 2. The zero-order chi connectivity index (χ0) is 12.0. The zero-order valence-corrected chi connectivity index (χ0v) is 9.24. The lowest BCUT2D eigenvalue weighted by Gasteiger charge is -2.03. The Kier molecular flexibility index (Phi) is 4.43. The first-order chi connectivity index (χ1) is 7.58. The number of aryl methyl sites for hydroxylation is 1. The van der Waals surface area contributed by atoms with Crippen LogP contribution in [0.15, 0.2) is 4.52 Å². The van der Waals surface area contributed by atoms with Gasteiger partial charge in [0.2, 0.25) is 17.7 Å². The van der Waals surface area contributed by atoms with Gasteiger partial charge in [-0.05, 0) is 6.92 Å². The minimum atomic E-state index is -0.214. The Labute approximate surface area is 92.6 Å². The molecule has 1 heterocycles. The van der Waals surface area contributed by atoms with Gasteiger partial charge in [-0.3, -0.25) is 9.59 Å². The van der Waals surface area contributed by atoms with E-state index in [9.17, 15) is 9.59 Å². The number of carbonyl (C=O) groups excluding carboxylic acids is 2. The van der Waals surface area contributed by atoms with E-state index in [1.807, 2.05) is 0 Å². The fourth-order valence-electron chi connectivity index (χ4n) is 1.05. The summed E-state index contributed by atoms with van der Waals surface area (Å²) in [6.45, 7) is 3.89. The molecule has 0 spiro atoms. The summed E-state index contributed by atoms with van der Waals surface area (Å²) >= 11 is 0. The van der Waals surface area contributed by atoms with Crippen LogP contribution in [-0.2, 0) is 16.0 Å². The summed E-state index contributed by atoms with van der Waals surface area (Å²) in [4.78, 5) is 25.7. The number of nitrogens with zero attached hydrogens (tertiary/aromatic N) is 2. The van der Waals surface area contributed by atoms with Gasteiger partial charge in [-0.2, -0.15) is 4.98 Å². The summed E-state index contributed by atoms with van der Waals surface area (Å²) in [5.41, 5.74) is 0. The molecule has 1 aromatic heterocycles. The van der Waals surface area contributed by atoms with Gasteiger partial charge in [0.15, 0.2) is 5.82 Å². The van der Waals surface area contributed by atoms with Crippen molar-refractivity contribution in [1.29, 1.82) is 0 Å². The highest BCUT2D eigenvalue weighted by molar-refractivity contribution is 5.77. The molecule has 7 nitrogen and oxygen atoms in total. The van der Waals surface area contributed by atoms with Crippen molar-refractivity contribution in [2.75, 3.05) is 13.1 Å². The van der Waals surface area contributed by atoms with Gasteiger partial charge in [-0.15, -0.1) is 0 Å². The summed E-state index contributed by atoms with van der Waals surface area (Å²) in [6, 6.07) is 0. The normalized spacial score (nSPS) is 9.88. The van der Waals surface area contributed by atoms with E-state index in [0.29, 0.717) is 18.9 Å². The Balaban J connectivity index is 2.18. The highest BCUT2D eigenvalue weighted by Gasteiger charge is 2.08. The van der Waals surface area contributed by atoms with Crippen LogP contribution in [0.2, 0.25) is 0 Å². The van der Waals surface area contributed by atoms with E-state index in [4.69, 9.17) is 4.52 Å². The van der Waals surface area contributed by atoms with Gasteiger partial charge in [0.05, 0.1) is 0 Å². The molecule has 0 aromatic carbocycles. The molecule has 0 bridgehead atoms. The van der Waals surface area contributed by atoms with Crippen LogP contribution in [0.3, 0.4) is 0 Å². The van der Waals surface area contributed by atoms with Crippen LogP contribution in [0.5, 0.6) is 0 Å². The zero-order valence-electron chi connectivity index (χ0n) is 9.24. The van der Waals surface area contributed by atoms with Crippen molar-refractivity contribution in [2.24, 2.45) is 0 Å². The van der Waals surface area contributed by atoms with Gasteiger partial charge in [-0.1, -0.05) is 5.16 Å². The molecule has 0 saturated carbocycles. The fraction of sp³-hybridized carbons (Fsp3) is 0.556. The average Bonchev–Trinajstić information content (AvgIpc) is 2.58. The first-order valence-electron chi connectivity index (χ1n) is 4.88. The van der Waals surface area contributed by atoms with Crippen LogP contribution in [-0.4, -0.2) is 35.0 Å². The third-order valence-corrected chi connectivity index (χ3v) is 1.70. The Morgan fingerprint density at radius 3 is 2.56 bits per heavy atom. The lowest BCUT2D eigenvalue weighted by Crippen LogP contribution is -2.34. The van der Waals surface area contributed by atoms with Crippen molar-refractivity contribution in [3.05, 3.63) is 11.7 Å². The lowest BCUT2D eigenvalue weighted by molar-refractivity contribution is -0.121. The Morgan fingerprint density at radius 2 is 2.00 bits per heavy atom. The van der Waals surface area contributed by atoms with Crippen LogP contribution >= 0.6 is 0 Å². The van der Waals surface area contributed by atoms with Gasteiger partial charge < -0.3 is 15.2 Å². The molecule has 0 aliphatic heterocycles. The summed E-state index contributed by atoms with van der Waals surface area (Å²) in [6.07, 6.45) is 0.0565. The summed E-state index contributed by atoms with van der Waals surface area (Å²) in [5, 5.41) is 8.74. The van der Waals surface area contributed by atoms with Crippen molar-refractivity contribution in [1.82, 2.24) is 20.8 Å². The number of hydrogen-bond acceptors (Lipinski definition) is 5. The van der Waals surface area contributed by atoms with E-state index in [1.165, 1.54) is 6.92 Å². The van der Waals surface area contributed by atoms with E-state index < -0.39 is 0 Å². The Hall–Kier alpha value is -1.92. The van der Waals surface area contributed by atoms with Gasteiger partial charge in [0, 0.05) is 20.0 Å². The maximum Gasteiger partial charge on any atom is 0.236 e. The minimum Gasteiger partial charge on any atom is -0.355 e. The number of carbonyl (C=O) groups is 2. The maximum atomic E-state index is 11.3. The lowest BCUT2D eigenvalue weighted by atomic mass is 10.4. The molecule has 2 amide bonds. The fourth-order valence-corrected chi connectivity index (χ4v) is 1.05. The molecule has 1 rings (SSSR count). The van der Waals surface area contributed by atoms with Crippen molar-refractivity contribution in [3.63, 3.8) is 0 Å². The number of aromatic nitrogens is 2. The maximum absolute atomic E-state index is 11.3. The molecule has 1 aromatic rings. The molecule has 0 unspecified atom stereocenters. The van der Waals surface area contributed by atoms with Crippen molar-refractivity contribution < 1.29 is 14.1 Å². The van der Waals surface area contributed by atoms with Crippen LogP contribution in [0.1, 0.15) is 18.6 Å². The van der Waals surface area contributed by atoms with Gasteiger partial charge in [0.1, 0.15) is 6.42 Å². The third kappa shape index (κ3) is 4.54. The van der Waals surface area contributed by atoms with Crippen LogP contribution in [0, 0.1) is 6.92 Å². The van der Waals surface area contributed by atoms with Crippen molar-refractivity contribution in [3.8, 4) is 0 Å². The number of nitrogens with one attached hydrogen (secondary N) is 2. The predicted molar refractivity (Wildman–Crippen MR) is 54.4 cm³/mol. The monoisotopic (exact) mass is 226 g/mol. The molecule has 88 valence electrons. The smallest absolute Gasteiger partial charge is 0.236 e. The van der Waals surface area contributed by atoms with E-state index in [2.05, 4.69) is 20.8 Å². The topological polar surface area (TPSA) is 97.1 Å². The largest absolute Gasteiger partial charge is 0.355 e. The SMILES string of the molecule is CC(=O)NCCNC(=O)Cc1nc(C)no1. The first kappa shape index (κ1) is 12.2. The Bertz CT molecular complexity index is 375. The van der Waals surface area contributed by atoms with Crippen molar-refractivity contribution >= 4 is 11.8 Å². The molecule has 0 aliphatic rings. The highest BCUT2D eigenvalue weighted by Crippen LogP contribution is 1.96. The van der Waals surface area contributed by atoms with Crippen LogP contribution in [0.25, 0.3) is 0 Å². The molecule has 0 atom stereocenters. The number of hydrogen-bond donors (Lipinski definition) is 2. The van der Waals surface area contributed by atoms with Crippen LogP contribution < -0.4 is 10.6 Å². The highest BCUT2D eigenvalue weighted by atomic mass is 16.5. The molecular weight excluding hydrogens is 212 g/mol. The molecule has 0 saturated heterocycles. The van der Waals surface area contributed by atoms with Gasteiger partial charge in [-0.25, -0.2) is 0 Å². The van der Waals surface area contributed by atoms with E-state index in [-0.39, 0.29) is 24.1 Å². The predicted octanol–water partition coefficient (Wildman–Crippen LogP) is -0.827. The Morgan fingerprint density at radius 1 is 1.31 bits per heavy atom. The standard InChI is InChI=1S/C9H14N4O3/c1-6-12-9(16-13-6)5-8(15)11-4-3-10-7(2)14/h3-5H2,1-2H3,(H,10,14)(H,11,15). The second-order valence-corrected chi connectivity index (χ2v) is 3.25. The van der Waals surface area contributed by atoms with Gasteiger partial charge >= 0.3 is 0 Å². The second-order valence-electron chi connectivity index (χ2n) is 3.25. The van der Waals surface area contributed by atoms with E-state index in [0.717, 1.165) is 0 Å². The number of rotatable bonds is 5. The molecule has 7 heteroatoms. The van der Waals surface area contributed by atoms with Crippen LogP contribution in [0.4, 0.5) is 0 Å². The quantitative estimate of drug-likeness (QED) is 0.639. The molecule has 2 N–H and O–H groups in total. The first-order valence-corrected chi connectivity index (χ1v) is 4.88. The molecule has 0 fully saturated rings. The second kappa shape index (κ2) is 5.84. The molecule has 0 aliphatic carbocycles. The molecular formula is C9H14N4O3.